The summed E-state index contributed by atoms with van der Waals surface area (Å²) in [4.78, 5) is 26.6. The predicted octanol–water partition coefficient (Wildman–Crippen LogP) is 1.45. The Morgan fingerprint density at radius 1 is 1.29 bits per heavy atom. The fourth-order valence-corrected chi connectivity index (χ4v) is 2.10. The third-order valence-electron chi connectivity index (χ3n) is 2.99. The van der Waals surface area contributed by atoms with Crippen molar-refractivity contribution in [2.24, 2.45) is 0 Å². The first-order valence-electron chi connectivity index (χ1n) is 5.66. The summed E-state index contributed by atoms with van der Waals surface area (Å²) in [6, 6.07) is 1.62. The van der Waals surface area contributed by atoms with E-state index in [1.54, 1.807) is 0 Å². The number of amides is 1. The van der Waals surface area contributed by atoms with Crippen molar-refractivity contribution < 1.29 is 14.7 Å². The average molecular weight is 234 g/mol. The lowest BCUT2D eigenvalue weighted by atomic mass is 10.1. The highest BCUT2D eigenvalue weighted by molar-refractivity contribution is 6.04. The molecule has 1 aromatic rings. The number of hydrogen-bond acceptors (Lipinski definition) is 3. The molecule has 0 saturated heterocycles. The summed E-state index contributed by atoms with van der Waals surface area (Å²) in [6.45, 7) is 0. The number of hydrogen-bond donors (Lipinski definition) is 2. The van der Waals surface area contributed by atoms with Crippen LogP contribution in [0.15, 0.2) is 18.5 Å². The zero-order chi connectivity index (χ0) is 12.3. The third kappa shape index (κ3) is 2.61. The van der Waals surface area contributed by atoms with E-state index in [-0.39, 0.29) is 23.1 Å². The van der Waals surface area contributed by atoms with Gasteiger partial charge in [0.2, 0.25) is 0 Å². The molecule has 0 radical (unpaired) electrons. The molecular weight excluding hydrogens is 220 g/mol. The second kappa shape index (κ2) is 4.95. The molecule has 1 aromatic heterocycles. The highest BCUT2D eigenvalue weighted by Gasteiger charge is 2.21. The molecule has 0 bridgehead atoms. The topological polar surface area (TPSA) is 79.3 Å². The van der Waals surface area contributed by atoms with Gasteiger partial charge in [0, 0.05) is 18.4 Å². The lowest BCUT2D eigenvalue weighted by Crippen LogP contribution is -2.33. The van der Waals surface area contributed by atoms with Gasteiger partial charge in [0.15, 0.2) is 0 Å². The number of carboxylic acid groups (broad SMARTS) is 1. The first-order valence-corrected chi connectivity index (χ1v) is 5.66. The zero-order valence-corrected chi connectivity index (χ0v) is 9.35. The van der Waals surface area contributed by atoms with Crippen LogP contribution in [0.5, 0.6) is 0 Å². The minimum absolute atomic E-state index is 0.0528. The fourth-order valence-electron chi connectivity index (χ4n) is 2.10. The summed E-state index contributed by atoms with van der Waals surface area (Å²) in [5, 5.41) is 11.8. The van der Waals surface area contributed by atoms with E-state index < -0.39 is 5.97 Å². The number of nitrogens with zero attached hydrogens (tertiary/aromatic N) is 1. The molecule has 1 aliphatic carbocycles. The second-order valence-electron chi connectivity index (χ2n) is 4.18. The first kappa shape index (κ1) is 11.6. The number of pyridine rings is 1. The van der Waals surface area contributed by atoms with E-state index in [9.17, 15) is 9.59 Å². The average Bonchev–Trinajstić information content (AvgIpc) is 2.81. The molecule has 17 heavy (non-hydrogen) atoms. The van der Waals surface area contributed by atoms with E-state index in [1.807, 2.05) is 0 Å². The summed E-state index contributed by atoms with van der Waals surface area (Å²) >= 11 is 0. The van der Waals surface area contributed by atoms with Gasteiger partial charge in [-0.2, -0.15) is 0 Å². The molecule has 0 aliphatic heterocycles. The van der Waals surface area contributed by atoms with Crippen molar-refractivity contribution >= 4 is 11.9 Å². The molecule has 5 heteroatoms. The van der Waals surface area contributed by atoms with E-state index in [0.717, 1.165) is 25.7 Å². The Labute approximate surface area is 98.9 Å². The van der Waals surface area contributed by atoms with Crippen LogP contribution in [0, 0.1) is 0 Å². The normalized spacial score (nSPS) is 15.8. The molecule has 0 spiro atoms. The van der Waals surface area contributed by atoms with Crippen LogP contribution in [0.4, 0.5) is 0 Å². The summed E-state index contributed by atoms with van der Waals surface area (Å²) in [7, 11) is 0. The van der Waals surface area contributed by atoms with Crippen molar-refractivity contribution in [3.63, 3.8) is 0 Å². The van der Waals surface area contributed by atoms with Gasteiger partial charge in [0.25, 0.3) is 5.91 Å². The lowest BCUT2D eigenvalue weighted by molar-refractivity contribution is 0.0690. The summed E-state index contributed by atoms with van der Waals surface area (Å²) in [5.41, 5.74) is 0.127. The molecule has 1 fully saturated rings. The van der Waals surface area contributed by atoms with E-state index in [1.165, 1.54) is 18.5 Å². The van der Waals surface area contributed by atoms with Crippen molar-refractivity contribution in [2.45, 2.75) is 31.7 Å². The van der Waals surface area contributed by atoms with E-state index >= 15 is 0 Å². The maximum atomic E-state index is 11.9. The SMILES string of the molecule is O=C(O)c1cnccc1C(=O)NC1CCCC1. The van der Waals surface area contributed by atoms with Crippen molar-refractivity contribution in [2.75, 3.05) is 0 Å². The Kier molecular flexibility index (Phi) is 3.37. The Balaban J connectivity index is 2.15. The van der Waals surface area contributed by atoms with Gasteiger partial charge in [0.05, 0.1) is 11.1 Å². The highest BCUT2D eigenvalue weighted by Crippen LogP contribution is 2.18. The van der Waals surface area contributed by atoms with Crippen LogP contribution in [-0.2, 0) is 0 Å². The van der Waals surface area contributed by atoms with Crippen LogP contribution >= 0.6 is 0 Å². The van der Waals surface area contributed by atoms with Crippen molar-refractivity contribution in [3.05, 3.63) is 29.6 Å². The van der Waals surface area contributed by atoms with Gasteiger partial charge in [-0.25, -0.2) is 4.79 Å². The molecule has 1 saturated carbocycles. The van der Waals surface area contributed by atoms with Crippen molar-refractivity contribution in [3.8, 4) is 0 Å². The number of aromatic nitrogens is 1. The lowest BCUT2D eigenvalue weighted by Gasteiger charge is -2.12. The van der Waals surface area contributed by atoms with E-state index in [2.05, 4.69) is 10.3 Å². The van der Waals surface area contributed by atoms with Crippen LogP contribution < -0.4 is 5.32 Å². The Morgan fingerprint density at radius 2 is 2.00 bits per heavy atom. The Bertz CT molecular complexity index is 439. The van der Waals surface area contributed by atoms with Crippen molar-refractivity contribution in [1.29, 1.82) is 0 Å². The zero-order valence-electron chi connectivity index (χ0n) is 9.35. The summed E-state index contributed by atoms with van der Waals surface area (Å²) in [6.07, 6.45) is 6.81. The number of rotatable bonds is 3. The minimum atomic E-state index is -1.13. The smallest absolute Gasteiger partial charge is 0.338 e. The molecule has 2 N–H and O–H groups in total. The second-order valence-corrected chi connectivity index (χ2v) is 4.18. The Hall–Kier alpha value is -1.91. The van der Waals surface area contributed by atoms with Gasteiger partial charge in [0.1, 0.15) is 0 Å². The minimum Gasteiger partial charge on any atom is -0.478 e. The maximum absolute atomic E-state index is 11.9. The molecule has 1 amide bonds. The van der Waals surface area contributed by atoms with E-state index in [0.29, 0.717) is 0 Å². The maximum Gasteiger partial charge on any atom is 0.338 e. The quantitative estimate of drug-likeness (QED) is 0.829. The molecule has 0 aromatic carbocycles. The number of carboxylic acids is 1. The first-order chi connectivity index (χ1) is 8.18. The van der Waals surface area contributed by atoms with Crippen LogP contribution in [0.25, 0.3) is 0 Å². The number of aromatic carboxylic acids is 1. The van der Waals surface area contributed by atoms with Crippen LogP contribution in [0.1, 0.15) is 46.4 Å². The number of carbonyl (C=O) groups excluding carboxylic acids is 1. The third-order valence-corrected chi connectivity index (χ3v) is 2.99. The van der Waals surface area contributed by atoms with E-state index in [4.69, 9.17) is 5.11 Å². The molecular formula is C12H14N2O3. The molecule has 0 unspecified atom stereocenters. The molecule has 1 aliphatic rings. The van der Waals surface area contributed by atoms with Gasteiger partial charge in [-0.15, -0.1) is 0 Å². The van der Waals surface area contributed by atoms with Crippen molar-refractivity contribution in [1.82, 2.24) is 10.3 Å². The van der Waals surface area contributed by atoms with Gasteiger partial charge in [-0.3, -0.25) is 9.78 Å². The molecule has 2 rings (SSSR count). The number of carbonyl (C=O) groups is 2. The predicted molar refractivity (Wildman–Crippen MR) is 60.9 cm³/mol. The summed E-state index contributed by atoms with van der Waals surface area (Å²) < 4.78 is 0. The van der Waals surface area contributed by atoms with Gasteiger partial charge in [-0.05, 0) is 18.9 Å². The Morgan fingerprint density at radius 3 is 2.65 bits per heavy atom. The molecule has 0 atom stereocenters. The van der Waals surface area contributed by atoms with Gasteiger partial charge >= 0.3 is 5.97 Å². The largest absolute Gasteiger partial charge is 0.478 e. The monoisotopic (exact) mass is 234 g/mol. The fraction of sp³-hybridized carbons (Fsp3) is 0.417. The standard InChI is InChI=1S/C12H14N2O3/c15-11(14-8-3-1-2-4-8)9-5-6-13-7-10(9)12(16)17/h5-8H,1-4H2,(H,14,15)(H,16,17). The highest BCUT2D eigenvalue weighted by atomic mass is 16.4. The molecule has 5 nitrogen and oxygen atoms in total. The van der Waals surface area contributed by atoms with Crippen LogP contribution in [-0.4, -0.2) is 28.0 Å². The molecule has 1 heterocycles. The van der Waals surface area contributed by atoms with Crippen LogP contribution in [0.2, 0.25) is 0 Å². The number of nitrogens with one attached hydrogen (secondary N) is 1. The van der Waals surface area contributed by atoms with Crippen LogP contribution in [0.3, 0.4) is 0 Å². The van der Waals surface area contributed by atoms with Gasteiger partial charge < -0.3 is 10.4 Å². The van der Waals surface area contributed by atoms with Gasteiger partial charge in [-0.1, -0.05) is 12.8 Å². The molecule has 90 valence electrons. The summed E-state index contributed by atoms with van der Waals surface area (Å²) in [5.74, 6) is -1.45.